The van der Waals surface area contributed by atoms with Crippen molar-refractivity contribution in [1.82, 2.24) is 10.2 Å². The molecule has 0 radical (unpaired) electrons. The van der Waals surface area contributed by atoms with Crippen molar-refractivity contribution in [2.75, 3.05) is 59.5 Å². The number of fused-ring (bicyclic) bond motifs is 1. The molecule has 288 valence electrons. The van der Waals surface area contributed by atoms with Gasteiger partial charge in [0, 0.05) is 51.8 Å². The lowest BCUT2D eigenvalue weighted by Gasteiger charge is -2.38. The maximum Gasteiger partial charge on any atom is 0.417 e. The number of allylic oxidation sites excluding steroid dienone is 4. The lowest BCUT2D eigenvalue weighted by atomic mass is 9.91. The Kier molecular flexibility index (Phi) is 15.8. The number of hydrogen-bond acceptors (Lipinski definition) is 8. The Hall–Kier alpha value is -4.55. The highest BCUT2D eigenvalue weighted by Crippen LogP contribution is 2.38. The number of halogens is 8. The van der Waals surface area contributed by atoms with E-state index >= 15 is 0 Å². The number of aliphatic carboxylic acids is 1. The molecular formula is C34H39F8N3O7. The third kappa shape index (κ3) is 11.5. The number of carbonyl (C=O) groups excluding carboxylic acids is 2. The number of anilines is 1. The summed E-state index contributed by atoms with van der Waals surface area (Å²) in [5.41, 5.74) is 0.408. The van der Waals surface area contributed by atoms with Crippen LogP contribution in [0.4, 0.5) is 40.8 Å². The molecule has 2 aromatic carbocycles. The second-order valence-corrected chi connectivity index (χ2v) is 11.6. The van der Waals surface area contributed by atoms with Crippen LogP contribution in [0.5, 0.6) is 0 Å². The summed E-state index contributed by atoms with van der Waals surface area (Å²) in [6, 6.07) is 2.41. The molecule has 10 nitrogen and oxygen atoms in total. The molecule has 0 aromatic heterocycles. The number of morpholine rings is 1. The van der Waals surface area contributed by atoms with Gasteiger partial charge in [0.2, 0.25) is 0 Å². The first-order valence-corrected chi connectivity index (χ1v) is 15.3. The number of ether oxygens (including phenoxy) is 3. The first-order chi connectivity index (χ1) is 24.2. The van der Waals surface area contributed by atoms with E-state index in [0.29, 0.717) is 35.6 Å². The minimum atomic E-state index is -4.68. The third-order valence-corrected chi connectivity index (χ3v) is 7.71. The molecule has 4 rings (SSSR count). The van der Waals surface area contributed by atoms with Crippen molar-refractivity contribution in [2.45, 2.75) is 45.5 Å². The molecule has 2 aliphatic heterocycles. The molecule has 0 bridgehead atoms. The average Bonchev–Trinajstić information content (AvgIpc) is 3.55. The van der Waals surface area contributed by atoms with Crippen LogP contribution in [0.25, 0.3) is 5.57 Å². The predicted molar refractivity (Wildman–Crippen MR) is 173 cm³/mol. The maximum atomic E-state index is 14.1. The largest absolute Gasteiger partial charge is 0.480 e. The minimum absolute atomic E-state index is 0.0589. The molecule has 0 saturated carbocycles. The van der Waals surface area contributed by atoms with E-state index in [1.54, 1.807) is 57.6 Å². The van der Waals surface area contributed by atoms with Gasteiger partial charge in [0.15, 0.2) is 6.29 Å². The summed E-state index contributed by atoms with van der Waals surface area (Å²) in [4.78, 5) is 35.9. The normalized spacial score (nSPS) is 16.4. The molecule has 1 saturated heterocycles. The van der Waals surface area contributed by atoms with Gasteiger partial charge < -0.3 is 34.4 Å². The SMILES string of the molecule is C/C(=C/C(=C(\C=O)c1ccc(C)c2c1COC2)C(F)(F)F)N(C)C.COC.O=C(O)CNC(=O)c1c(F)cc(N2CCOCC2C(F)(F)F)cc1F. The Balaban J connectivity index is 0.000000335. The van der Waals surface area contributed by atoms with Crippen LogP contribution < -0.4 is 10.2 Å². The van der Waals surface area contributed by atoms with Crippen molar-refractivity contribution in [3.05, 3.63) is 81.1 Å². The van der Waals surface area contributed by atoms with Crippen LogP contribution in [-0.2, 0) is 37.0 Å². The zero-order valence-electron chi connectivity index (χ0n) is 29.1. The molecule has 2 N–H and O–H groups in total. The van der Waals surface area contributed by atoms with E-state index < -0.39 is 71.9 Å². The van der Waals surface area contributed by atoms with Crippen LogP contribution in [0.15, 0.2) is 41.6 Å². The monoisotopic (exact) mass is 753 g/mol. The molecule has 0 aliphatic carbocycles. The summed E-state index contributed by atoms with van der Waals surface area (Å²) in [5.74, 6) is -5.54. The van der Waals surface area contributed by atoms with Crippen LogP contribution in [0.3, 0.4) is 0 Å². The van der Waals surface area contributed by atoms with Gasteiger partial charge in [-0.15, -0.1) is 0 Å². The fourth-order valence-corrected chi connectivity index (χ4v) is 4.98. The van der Waals surface area contributed by atoms with Gasteiger partial charge in [0.25, 0.3) is 5.91 Å². The standard InChI is InChI=1S/C18H20F3NO2.C14H13F5N2O4.C2H6O/c1-11-5-6-13(16-10-24-9-15(11)16)14(8-23)17(18(19,20)21)7-12(2)22(3)4;15-8-3-7(21-1-2-25-6-10(21)14(17,18)19)4-9(16)12(8)13(24)20-5-11(22)23;1-3-2/h5-8H,9-10H2,1-4H3;3-4,10H,1-2,5-6H2,(H,20,24)(H,22,23);1-2H3/b12-7-,17-14-;;. The van der Waals surface area contributed by atoms with E-state index in [-0.39, 0.29) is 31.6 Å². The van der Waals surface area contributed by atoms with E-state index in [0.717, 1.165) is 22.1 Å². The number of rotatable bonds is 8. The number of methoxy groups -OCH3 is 1. The quantitative estimate of drug-likeness (QED) is 0.149. The lowest BCUT2D eigenvalue weighted by Crippen LogP contribution is -2.53. The third-order valence-electron chi connectivity index (χ3n) is 7.71. The number of benzene rings is 2. The molecule has 18 heteroatoms. The van der Waals surface area contributed by atoms with Gasteiger partial charge in [0.1, 0.15) is 29.8 Å². The first-order valence-electron chi connectivity index (χ1n) is 15.3. The number of nitrogens with one attached hydrogen (secondary N) is 1. The molecule has 2 heterocycles. The van der Waals surface area contributed by atoms with Crippen molar-refractivity contribution in [3.8, 4) is 0 Å². The number of carbonyl (C=O) groups is 3. The fraction of sp³-hybridized carbons (Fsp3) is 0.441. The second-order valence-electron chi connectivity index (χ2n) is 11.6. The van der Waals surface area contributed by atoms with Gasteiger partial charge in [-0.1, -0.05) is 12.1 Å². The number of carboxylic acid groups (broad SMARTS) is 1. The maximum absolute atomic E-state index is 14.1. The zero-order chi connectivity index (χ0) is 39.6. The van der Waals surface area contributed by atoms with Gasteiger partial charge in [-0.25, -0.2) is 8.78 Å². The van der Waals surface area contributed by atoms with Crippen LogP contribution >= 0.6 is 0 Å². The van der Waals surface area contributed by atoms with Gasteiger partial charge in [-0.2, -0.15) is 26.3 Å². The van der Waals surface area contributed by atoms with Crippen LogP contribution in [0.1, 0.15) is 39.5 Å². The van der Waals surface area contributed by atoms with Crippen LogP contribution in [-0.4, -0.2) is 101 Å². The molecule has 2 aliphatic rings. The summed E-state index contributed by atoms with van der Waals surface area (Å²) in [5, 5.41) is 10.2. The van der Waals surface area contributed by atoms with Gasteiger partial charge >= 0.3 is 18.3 Å². The molecule has 0 spiro atoms. The van der Waals surface area contributed by atoms with E-state index in [1.807, 2.05) is 6.92 Å². The number of alkyl halides is 6. The van der Waals surface area contributed by atoms with E-state index in [2.05, 4.69) is 4.74 Å². The van der Waals surface area contributed by atoms with Crippen molar-refractivity contribution in [1.29, 1.82) is 0 Å². The Morgan fingerprint density at radius 2 is 1.62 bits per heavy atom. The Bertz CT molecular complexity index is 1630. The lowest BCUT2D eigenvalue weighted by molar-refractivity contribution is -0.167. The van der Waals surface area contributed by atoms with Gasteiger partial charge in [-0.05, 0) is 54.3 Å². The Labute approximate surface area is 294 Å². The summed E-state index contributed by atoms with van der Waals surface area (Å²) in [6.07, 6.45) is -8.02. The zero-order valence-corrected chi connectivity index (χ0v) is 29.1. The molecule has 52 heavy (non-hydrogen) atoms. The highest BCUT2D eigenvalue weighted by Gasteiger charge is 2.46. The molecule has 1 amide bonds. The number of carboxylic acids is 1. The molecule has 1 fully saturated rings. The van der Waals surface area contributed by atoms with Crippen molar-refractivity contribution in [3.63, 3.8) is 0 Å². The summed E-state index contributed by atoms with van der Waals surface area (Å²) in [7, 11) is 6.55. The van der Waals surface area contributed by atoms with Crippen LogP contribution in [0, 0.1) is 18.6 Å². The number of nitrogens with zero attached hydrogens (tertiary/aromatic N) is 2. The van der Waals surface area contributed by atoms with E-state index in [4.69, 9.17) is 14.6 Å². The topological polar surface area (TPSA) is 118 Å². The molecule has 1 unspecified atom stereocenters. The molecule has 2 aromatic rings. The van der Waals surface area contributed by atoms with E-state index in [1.165, 1.54) is 0 Å². The first kappa shape index (κ1) is 43.6. The summed E-state index contributed by atoms with van der Waals surface area (Å²) in [6.45, 7) is 2.16. The molecule has 1 atom stereocenters. The van der Waals surface area contributed by atoms with Crippen molar-refractivity contribution >= 4 is 29.4 Å². The number of aryl methyl sites for hydroxylation is 1. The summed E-state index contributed by atoms with van der Waals surface area (Å²) < 4.78 is 122. The number of amides is 1. The van der Waals surface area contributed by atoms with E-state index in [9.17, 15) is 49.5 Å². The van der Waals surface area contributed by atoms with Gasteiger partial charge in [-0.3, -0.25) is 14.4 Å². The van der Waals surface area contributed by atoms with Crippen molar-refractivity contribution < 1.29 is 68.8 Å². The van der Waals surface area contributed by atoms with Gasteiger partial charge in [0.05, 0.1) is 32.0 Å². The molecular weight excluding hydrogens is 714 g/mol. The summed E-state index contributed by atoms with van der Waals surface area (Å²) >= 11 is 0. The number of hydrogen-bond donors (Lipinski definition) is 2. The smallest absolute Gasteiger partial charge is 0.417 e. The van der Waals surface area contributed by atoms with Crippen molar-refractivity contribution in [2.24, 2.45) is 0 Å². The highest BCUT2D eigenvalue weighted by atomic mass is 19.4. The fourth-order valence-electron chi connectivity index (χ4n) is 4.98. The minimum Gasteiger partial charge on any atom is -0.480 e. The van der Waals surface area contributed by atoms with Crippen LogP contribution in [0.2, 0.25) is 0 Å². The Morgan fingerprint density at radius 1 is 1.04 bits per heavy atom. The highest BCUT2D eigenvalue weighted by molar-refractivity contribution is 6.10. The Morgan fingerprint density at radius 3 is 2.12 bits per heavy atom. The predicted octanol–water partition coefficient (Wildman–Crippen LogP) is 5.81. The average molecular weight is 754 g/mol. The second kappa shape index (κ2) is 18.8. The number of aldehydes is 1.